The predicted octanol–water partition coefficient (Wildman–Crippen LogP) is 0.238. The number of hydrogen-bond acceptors (Lipinski definition) is 1. The molecular weight excluding hydrogens is 90.2 g/mol. The van der Waals surface area contributed by atoms with Crippen molar-refractivity contribution in [3.8, 4) is 0 Å². The van der Waals surface area contributed by atoms with Crippen molar-refractivity contribution in [2.24, 2.45) is 0 Å². The Morgan fingerprint density at radius 2 is 0.750 bits per heavy atom. The minimum Gasteiger partial charge on any atom is -2.00 e. The smallest absolute Gasteiger partial charge is 2.00 e. The van der Waals surface area contributed by atoms with Gasteiger partial charge in [-0.1, -0.05) is 0 Å². The Bertz CT molecular complexity index is 6.00. The molecule has 0 heterocycles. The van der Waals surface area contributed by atoms with E-state index in [2.05, 4.69) is 0 Å². The zero-order valence-electron chi connectivity index (χ0n) is 2.02. The molecule has 24 valence electrons. The Kier molecular flexibility index (Phi) is 2130. The molecule has 0 aromatic heterocycles. The van der Waals surface area contributed by atoms with Crippen LogP contribution < -0.4 is 6.15 Å². The number of rotatable bonds is 0. The van der Waals surface area contributed by atoms with Crippen LogP contribution in [0.25, 0.3) is 0 Å². The van der Waals surface area contributed by atoms with Crippen molar-refractivity contribution in [3.63, 3.8) is 0 Å². The van der Waals surface area contributed by atoms with E-state index in [-0.39, 0.29) is 40.6 Å². The second kappa shape index (κ2) is 59.5. The fraction of sp³-hybridized carbons (Fsp3) is 0. The third-order valence-corrected chi connectivity index (χ3v) is 0. The summed E-state index contributed by atoms with van der Waals surface area (Å²) >= 11 is 0. The summed E-state index contributed by atoms with van der Waals surface area (Å²) < 4.78 is 0. The first-order chi connectivity index (χ1) is 0. The summed E-state index contributed by atoms with van der Waals surface area (Å²) in [6, 6.07) is 0. The van der Waals surface area contributed by atoms with Crippen LogP contribution in [0.2, 0.25) is 0 Å². The first-order valence-corrected chi connectivity index (χ1v) is 0. The van der Waals surface area contributed by atoms with Crippen LogP contribution in [0.1, 0.15) is 0 Å². The van der Waals surface area contributed by atoms with E-state index in [9.17, 15) is 0 Å². The Balaban J connectivity index is 0. The van der Waals surface area contributed by atoms with Crippen molar-refractivity contribution in [1.29, 1.82) is 0 Å². The van der Waals surface area contributed by atoms with Gasteiger partial charge >= 0.3 is 7.43 Å². The Labute approximate surface area is 41.3 Å². The zero-order valence-corrected chi connectivity index (χ0v) is 3.66. The van der Waals surface area contributed by atoms with Gasteiger partial charge in [0, 0.05) is 0 Å². The molecule has 1 nitrogen and oxygen atoms in total. The van der Waals surface area contributed by atoms with E-state index >= 15 is 0 Å². The van der Waals surface area contributed by atoms with Gasteiger partial charge in [0.05, 0.1) is 0 Å². The summed E-state index contributed by atoms with van der Waals surface area (Å²) in [4.78, 5) is 0. The predicted molar refractivity (Wildman–Crippen MR) is 23.0 cm³/mol. The molecule has 0 unspecified atom stereocenters. The van der Waals surface area contributed by atoms with Crippen molar-refractivity contribution in [1.82, 2.24) is 6.15 Å². The summed E-state index contributed by atoms with van der Waals surface area (Å²) in [6.45, 7) is 0. The molecule has 0 bridgehead atoms. The van der Waals surface area contributed by atoms with E-state index in [1.807, 2.05) is 0 Å². The van der Waals surface area contributed by atoms with Gasteiger partial charge in [0.25, 0.3) is 0 Å². The molecular formula is CH3NS2. The van der Waals surface area contributed by atoms with Gasteiger partial charge in [-0.3, -0.25) is 0 Å². The van der Waals surface area contributed by atoms with E-state index < -0.39 is 0 Å². The summed E-state index contributed by atoms with van der Waals surface area (Å²) in [7, 11) is 0. The van der Waals surface area contributed by atoms with Gasteiger partial charge in [0.2, 0.25) is 0 Å². The summed E-state index contributed by atoms with van der Waals surface area (Å²) in [5.41, 5.74) is 0. The first-order valence-electron chi connectivity index (χ1n) is 0. The second-order valence-electron chi connectivity index (χ2n) is 0. The topological polar surface area (TPSA) is 35.0 Å². The number of hydrogen-bond donors (Lipinski definition) is 1. The summed E-state index contributed by atoms with van der Waals surface area (Å²) in [5.74, 6) is 0. The van der Waals surface area contributed by atoms with Gasteiger partial charge < -0.3 is 33.1 Å². The largest absolute Gasteiger partial charge is 4.00 e. The van der Waals surface area contributed by atoms with Gasteiger partial charge in [-0.15, -0.1) is 0 Å². The van der Waals surface area contributed by atoms with E-state index in [1.165, 1.54) is 0 Å². The quantitative estimate of drug-likeness (QED) is 0.457. The minimum absolute atomic E-state index is 0. The average molecular weight is 93.2 g/mol. The van der Waals surface area contributed by atoms with Crippen LogP contribution in [-0.2, 0) is 27.0 Å². The fourth-order valence-corrected chi connectivity index (χ4v) is 0. The molecule has 0 aliphatic carbocycles. The van der Waals surface area contributed by atoms with Gasteiger partial charge in [-0.2, -0.15) is 0 Å². The SMILES string of the molecule is N.[C+4].[S-2].[S-2]. The van der Waals surface area contributed by atoms with Crippen LogP contribution >= 0.6 is 0 Å². The monoisotopic (exact) mass is 93.0 g/mol. The van der Waals surface area contributed by atoms with Crippen LogP contribution in [0.15, 0.2) is 0 Å². The van der Waals surface area contributed by atoms with Crippen molar-refractivity contribution >= 4 is 27.0 Å². The minimum atomic E-state index is 0. The standard InChI is InChI=1S/C.H3N.2S/h;1H3;;/q+4;;2*-2. The fourth-order valence-electron chi connectivity index (χ4n) is 0. The van der Waals surface area contributed by atoms with Crippen LogP contribution in [-0.4, -0.2) is 0 Å². The van der Waals surface area contributed by atoms with Crippen LogP contribution in [0.4, 0.5) is 0 Å². The molecule has 0 amide bonds. The first kappa shape index (κ1) is 143. The van der Waals surface area contributed by atoms with Crippen molar-refractivity contribution in [3.05, 3.63) is 7.43 Å². The molecule has 0 aliphatic heterocycles. The van der Waals surface area contributed by atoms with Crippen molar-refractivity contribution in [2.45, 2.75) is 0 Å². The molecule has 0 aromatic rings. The normalized spacial score (nSPS) is 0. The van der Waals surface area contributed by atoms with Crippen LogP contribution in [0.3, 0.4) is 0 Å². The maximum Gasteiger partial charge on any atom is 4.00 e. The van der Waals surface area contributed by atoms with E-state index in [1.54, 1.807) is 0 Å². The summed E-state index contributed by atoms with van der Waals surface area (Å²) in [6.07, 6.45) is 0. The average Bonchev–Trinajstić information content (AvgIpc) is 0. The molecule has 0 aliphatic rings. The Morgan fingerprint density at radius 1 is 0.750 bits per heavy atom. The molecule has 0 aromatic carbocycles. The Morgan fingerprint density at radius 3 is 0.750 bits per heavy atom. The van der Waals surface area contributed by atoms with Crippen molar-refractivity contribution in [2.75, 3.05) is 0 Å². The third-order valence-electron chi connectivity index (χ3n) is 0. The van der Waals surface area contributed by atoms with Gasteiger partial charge in [0.1, 0.15) is 0 Å². The van der Waals surface area contributed by atoms with Crippen LogP contribution in [0.5, 0.6) is 0 Å². The molecule has 4 heavy (non-hydrogen) atoms. The molecule has 0 atom stereocenters. The van der Waals surface area contributed by atoms with Gasteiger partial charge in [-0.05, 0) is 0 Å². The van der Waals surface area contributed by atoms with E-state index in [0.29, 0.717) is 0 Å². The molecule has 0 rings (SSSR count). The molecule has 0 radical (unpaired) electrons. The molecule has 0 spiro atoms. The van der Waals surface area contributed by atoms with Crippen LogP contribution in [0, 0.1) is 7.43 Å². The van der Waals surface area contributed by atoms with Gasteiger partial charge in [-0.25, -0.2) is 0 Å². The van der Waals surface area contributed by atoms with Crippen molar-refractivity contribution < 1.29 is 0 Å². The zero-order chi connectivity index (χ0) is 0. The maximum absolute atomic E-state index is 0. The molecule has 0 fully saturated rings. The van der Waals surface area contributed by atoms with E-state index in [4.69, 9.17) is 0 Å². The molecule has 3 N–H and O–H groups in total. The molecule has 3 heteroatoms. The maximum atomic E-state index is 0. The van der Waals surface area contributed by atoms with Gasteiger partial charge in [0.15, 0.2) is 0 Å². The van der Waals surface area contributed by atoms with E-state index in [0.717, 1.165) is 0 Å². The molecule has 0 saturated heterocycles. The molecule has 0 saturated carbocycles. The third kappa shape index (κ3) is 16.8. The second-order valence-corrected chi connectivity index (χ2v) is 0. The Hall–Kier alpha value is 0.660. The summed E-state index contributed by atoms with van der Waals surface area (Å²) in [5, 5.41) is 0.